The lowest BCUT2D eigenvalue weighted by molar-refractivity contribution is 0.0246. The summed E-state index contributed by atoms with van der Waals surface area (Å²) in [4.78, 5) is 12.2. The van der Waals surface area contributed by atoms with E-state index < -0.39 is 5.60 Å². The van der Waals surface area contributed by atoms with Crippen LogP contribution in [0.2, 0.25) is 0 Å². The van der Waals surface area contributed by atoms with Gasteiger partial charge >= 0.3 is 0 Å². The number of carbonyl (C=O) groups excluding carboxylic acids is 1. The molecule has 0 heterocycles. The Kier molecular flexibility index (Phi) is 5.07. The van der Waals surface area contributed by atoms with E-state index in [2.05, 4.69) is 5.32 Å². The van der Waals surface area contributed by atoms with Gasteiger partial charge in [0.15, 0.2) is 0 Å². The van der Waals surface area contributed by atoms with Gasteiger partial charge in [0.1, 0.15) is 5.75 Å². The number of nitrogens with one attached hydrogen (secondary N) is 1. The van der Waals surface area contributed by atoms with Gasteiger partial charge in [-0.1, -0.05) is 25.7 Å². The summed E-state index contributed by atoms with van der Waals surface area (Å²) in [6.07, 6.45) is 5.79. The molecule has 1 amide bonds. The molecule has 1 fully saturated rings. The second-order valence-electron chi connectivity index (χ2n) is 5.77. The molecule has 0 unspecified atom stereocenters. The lowest BCUT2D eigenvalue weighted by Crippen LogP contribution is -2.42. The van der Waals surface area contributed by atoms with Gasteiger partial charge in [-0.25, -0.2) is 0 Å². The number of hydrogen-bond acceptors (Lipinski definition) is 4. The normalized spacial score (nSPS) is 17.8. The van der Waals surface area contributed by atoms with Gasteiger partial charge in [0.2, 0.25) is 0 Å². The second-order valence-corrected chi connectivity index (χ2v) is 5.77. The monoisotopic (exact) mass is 292 g/mol. The largest absolute Gasteiger partial charge is 0.497 e. The van der Waals surface area contributed by atoms with E-state index in [1.165, 1.54) is 0 Å². The average Bonchev–Trinajstić information content (AvgIpc) is 2.71. The summed E-state index contributed by atoms with van der Waals surface area (Å²) in [7, 11) is 1.54. The molecule has 0 bridgehead atoms. The molecule has 21 heavy (non-hydrogen) atoms. The maximum atomic E-state index is 12.2. The number of aliphatic hydroxyl groups is 1. The molecule has 0 atom stereocenters. The Morgan fingerprint density at radius 3 is 2.62 bits per heavy atom. The number of nitrogen functional groups attached to an aromatic ring is 1. The van der Waals surface area contributed by atoms with Crippen molar-refractivity contribution in [2.24, 2.45) is 0 Å². The highest BCUT2D eigenvalue weighted by Crippen LogP contribution is 2.26. The van der Waals surface area contributed by atoms with Crippen molar-refractivity contribution in [2.45, 2.75) is 44.1 Å². The van der Waals surface area contributed by atoms with Crippen molar-refractivity contribution in [1.82, 2.24) is 5.32 Å². The Morgan fingerprint density at radius 1 is 1.33 bits per heavy atom. The molecule has 0 saturated heterocycles. The number of carbonyl (C=O) groups is 1. The zero-order valence-corrected chi connectivity index (χ0v) is 12.5. The van der Waals surface area contributed by atoms with Gasteiger partial charge in [-0.05, 0) is 31.0 Å². The quantitative estimate of drug-likeness (QED) is 0.586. The summed E-state index contributed by atoms with van der Waals surface area (Å²) >= 11 is 0. The maximum Gasteiger partial charge on any atom is 0.253 e. The minimum Gasteiger partial charge on any atom is -0.497 e. The summed E-state index contributed by atoms with van der Waals surface area (Å²) in [6, 6.07) is 4.97. The Bertz CT molecular complexity index is 494. The van der Waals surface area contributed by atoms with E-state index in [0.717, 1.165) is 38.5 Å². The zero-order chi connectivity index (χ0) is 15.3. The Labute approximate surface area is 125 Å². The fraction of sp³-hybridized carbons (Fsp3) is 0.562. The summed E-state index contributed by atoms with van der Waals surface area (Å²) in [5.74, 6) is 0.312. The fourth-order valence-corrected chi connectivity index (χ4v) is 2.76. The number of benzene rings is 1. The summed E-state index contributed by atoms with van der Waals surface area (Å²) < 4.78 is 5.11. The molecule has 2 rings (SSSR count). The van der Waals surface area contributed by atoms with Crippen LogP contribution in [0.15, 0.2) is 18.2 Å². The van der Waals surface area contributed by atoms with Crippen LogP contribution in [0, 0.1) is 0 Å². The van der Waals surface area contributed by atoms with E-state index in [1.54, 1.807) is 25.3 Å². The third-order valence-corrected chi connectivity index (χ3v) is 4.12. The van der Waals surface area contributed by atoms with E-state index in [-0.39, 0.29) is 12.5 Å². The first-order chi connectivity index (χ1) is 10.0. The molecule has 1 aromatic carbocycles. The number of hydrogen-bond donors (Lipinski definition) is 3. The van der Waals surface area contributed by atoms with Crippen molar-refractivity contribution in [3.8, 4) is 5.75 Å². The van der Waals surface area contributed by atoms with Crippen molar-refractivity contribution < 1.29 is 14.6 Å². The van der Waals surface area contributed by atoms with Gasteiger partial charge in [-0.3, -0.25) is 4.79 Å². The molecule has 0 spiro atoms. The highest BCUT2D eigenvalue weighted by atomic mass is 16.5. The molecule has 1 aliphatic rings. The SMILES string of the molecule is COc1ccc(N)c(C(=O)NCC2(O)CCCCCC2)c1. The van der Waals surface area contributed by atoms with Crippen molar-refractivity contribution in [2.75, 3.05) is 19.4 Å². The van der Waals surface area contributed by atoms with Crippen LogP contribution >= 0.6 is 0 Å². The molecule has 5 heteroatoms. The number of anilines is 1. The Balaban J connectivity index is 2.01. The first kappa shape index (κ1) is 15.6. The van der Waals surface area contributed by atoms with Crippen molar-refractivity contribution >= 4 is 11.6 Å². The minimum absolute atomic E-state index is 0.266. The summed E-state index contributed by atoms with van der Waals surface area (Å²) in [5, 5.41) is 13.4. The number of methoxy groups -OCH3 is 1. The van der Waals surface area contributed by atoms with Crippen LogP contribution in [0.25, 0.3) is 0 Å². The van der Waals surface area contributed by atoms with Crippen LogP contribution in [0.5, 0.6) is 5.75 Å². The fourth-order valence-electron chi connectivity index (χ4n) is 2.76. The van der Waals surface area contributed by atoms with E-state index in [9.17, 15) is 9.90 Å². The van der Waals surface area contributed by atoms with Crippen LogP contribution in [0.4, 0.5) is 5.69 Å². The predicted molar refractivity (Wildman–Crippen MR) is 82.4 cm³/mol. The standard InChI is InChI=1S/C16H24N2O3/c1-21-12-6-7-14(17)13(10-12)15(19)18-11-16(20)8-4-2-3-5-9-16/h6-7,10,20H,2-5,8-9,11,17H2,1H3,(H,18,19). The molecular formula is C16H24N2O3. The second kappa shape index (κ2) is 6.80. The number of nitrogens with two attached hydrogens (primary N) is 1. The number of ether oxygens (including phenoxy) is 1. The van der Waals surface area contributed by atoms with Gasteiger partial charge < -0.3 is 20.9 Å². The van der Waals surface area contributed by atoms with Crippen molar-refractivity contribution in [1.29, 1.82) is 0 Å². The van der Waals surface area contributed by atoms with Gasteiger partial charge in [0, 0.05) is 12.2 Å². The van der Waals surface area contributed by atoms with Crippen LogP contribution in [0.3, 0.4) is 0 Å². The third-order valence-electron chi connectivity index (χ3n) is 4.12. The lowest BCUT2D eigenvalue weighted by atomic mass is 9.94. The third kappa shape index (κ3) is 4.11. The Hall–Kier alpha value is -1.75. The van der Waals surface area contributed by atoms with Crippen molar-refractivity contribution in [3.63, 3.8) is 0 Å². The number of rotatable bonds is 4. The smallest absolute Gasteiger partial charge is 0.253 e. The van der Waals surface area contributed by atoms with Crippen molar-refractivity contribution in [3.05, 3.63) is 23.8 Å². The maximum absolute atomic E-state index is 12.2. The Morgan fingerprint density at radius 2 is 2.00 bits per heavy atom. The molecule has 0 radical (unpaired) electrons. The molecule has 5 nitrogen and oxygen atoms in total. The average molecular weight is 292 g/mol. The lowest BCUT2D eigenvalue weighted by Gasteiger charge is -2.27. The van der Waals surface area contributed by atoms with Gasteiger partial charge in [-0.15, -0.1) is 0 Å². The predicted octanol–water partition coefficient (Wildman–Crippen LogP) is 2.09. The topological polar surface area (TPSA) is 84.6 Å². The minimum atomic E-state index is -0.792. The molecule has 4 N–H and O–H groups in total. The molecule has 1 aromatic rings. The van der Waals surface area contributed by atoms with Gasteiger partial charge in [0.25, 0.3) is 5.91 Å². The first-order valence-electron chi connectivity index (χ1n) is 7.48. The van der Waals surface area contributed by atoms with E-state index >= 15 is 0 Å². The molecular weight excluding hydrogens is 268 g/mol. The highest BCUT2D eigenvalue weighted by Gasteiger charge is 2.28. The van der Waals surface area contributed by atoms with E-state index in [4.69, 9.17) is 10.5 Å². The van der Waals surface area contributed by atoms with Crippen LogP contribution < -0.4 is 15.8 Å². The zero-order valence-electron chi connectivity index (χ0n) is 12.5. The molecule has 116 valence electrons. The summed E-state index contributed by atoms with van der Waals surface area (Å²) in [6.45, 7) is 0.266. The van der Waals surface area contributed by atoms with Crippen LogP contribution in [-0.2, 0) is 0 Å². The first-order valence-corrected chi connectivity index (χ1v) is 7.48. The molecule has 0 aliphatic heterocycles. The molecule has 1 saturated carbocycles. The number of amides is 1. The van der Waals surface area contributed by atoms with Crippen LogP contribution in [0.1, 0.15) is 48.9 Å². The molecule has 0 aromatic heterocycles. The van der Waals surface area contributed by atoms with E-state index in [1.807, 2.05) is 0 Å². The van der Waals surface area contributed by atoms with E-state index in [0.29, 0.717) is 17.0 Å². The highest BCUT2D eigenvalue weighted by molar-refractivity contribution is 5.99. The van der Waals surface area contributed by atoms with Gasteiger partial charge in [-0.2, -0.15) is 0 Å². The van der Waals surface area contributed by atoms with Gasteiger partial charge in [0.05, 0.1) is 18.3 Å². The summed E-state index contributed by atoms with van der Waals surface area (Å²) in [5.41, 5.74) is 5.83. The van der Waals surface area contributed by atoms with Crippen LogP contribution in [-0.4, -0.2) is 30.3 Å². The molecule has 1 aliphatic carbocycles.